The van der Waals surface area contributed by atoms with Gasteiger partial charge < -0.3 is 0 Å². The van der Waals surface area contributed by atoms with Crippen LogP contribution in [0.3, 0.4) is 0 Å². The van der Waals surface area contributed by atoms with Gasteiger partial charge in [0.05, 0.1) is 11.4 Å². The number of primary sulfonamides is 1. The molecule has 104 valence electrons. The normalized spacial score (nSPS) is 13.0. The molecule has 0 aliphatic carbocycles. The van der Waals surface area contributed by atoms with Gasteiger partial charge in [0.2, 0.25) is 10.0 Å². The molecule has 0 fully saturated rings. The number of aromatic nitrogens is 3. The second kappa shape index (κ2) is 4.90. The van der Waals surface area contributed by atoms with Crippen molar-refractivity contribution in [3.63, 3.8) is 0 Å². The minimum atomic E-state index is -3.45. The minimum absolute atomic E-state index is 0.0205. The quantitative estimate of drug-likeness (QED) is 0.885. The number of nitrogens with zero attached hydrogens (tertiary/aromatic N) is 3. The van der Waals surface area contributed by atoms with E-state index >= 15 is 0 Å². The predicted molar refractivity (Wildman–Crippen MR) is 73.1 cm³/mol. The number of nitrogens with two attached hydrogens (primary N) is 1. The molecule has 0 aliphatic rings. The summed E-state index contributed by atoms with van der Waals surface area (Å²) in [6, 6.07) is 3.81. The number of imidazole rings is 1. The highest BCUT2D eigenvalue weighted by atomic mass is 32.2. The van der Waals surface area contributed by atoms with Crippen molar-refractivity contribution in [2.75, 3.05) is 5.75 Å². The monoisotopic (exact) mass is 282 g/mol. The number of hydrogen-bond acceptors (Lipinski definition) is 4. The molecule has 0 bridgehead atoms. The van der Waals surface area contributed by atoms with E-state index in [1.807, 2.05) is 26.0 Å². The fourth-order valence-electron chi connectivity index (χ4n) is 2.07. The molecule has 0 unspecified atom stereocenters. The first-order chi connectivity index (χ1) is 8.75. The van der Waals surface area contributed by atoms with Crippen molar-refractivity contribution in [2.24, 2.45) is 10.6 Å². The summed E-state index contributed by atoms with van der Waals surface area (Å²) in [7, 11) is -3.45. The maximum Gasteiger partial charge on any atom is 0.209 e. The summed E-state index contributed by atoms with van der Waals surface area (Å²) in [5, 5.41) is 9.50. The van der Waals surface area contributed by atoms with Gasteiger partial charge in [0.25, 0.3) is 0 Å². The van der Waals surface area contributed by atoms with E-state index < -0.39 is 10.0 Å². The molecule has 19 heavy (non-hydrogen) atoms. The average molecular weight is 282 g/mol. The topological polar surface area (TPSA) is 90.3 Å². The zero-order valence-corrected chi connectivity index (χ0v) is 11.9. The van der Waals surface area contributed by atoms with E-state index in [0.29, 0.717) is 12.8 Å². The van der Waals surface area contributed by atoms with Gasteiger partial charge in [-0.25, -0.2) is 23.1 Å². The molecular formula is C12H18N4O2S. The molecule has 2 heterocycles. The summed E-state index contributed by atoms with van der Waals surface area (Å²) < 4.78 is 24.0. The zero-order valence-electron chi connectivity index (χ0n) is 11.1. The van der Waals surface area contributed by atoms with Crippen molar-refractivity contribution < 1.29 is 8.42 Å². The lowest BCUT2D eigenvalue weighted by Crippen LogP contribution is -2.29. The van der Waals surface area contributed by atoms with Crippen LogP contribution in [0.5, 0.6) is 0 Å². The highest BCUT2D eigenvalue weighted by molar-refractivity contribution is 7.89. The van der Waals surface area contributed by atoms with Gasteiger partial charge in [-0.2, -0.15) is 5.10 Å². The molecule has 0 aromatic carbocycles. The molecule has 0 amide bonds. The van der Waals surface area contributed by atoms with Crippen molar-refractivity contribution in [1.29, 1.82) is 0 Å². The van der Waals surface area contributed by atoms with Crippen LogP contribution in [0, 0.1) is 5.41 Å². The smallest absolute Gasteiger partial charge is 0.209 e. The standard InChI is InChI=1S/C12H18N4O2S/c1-12(2,9-19(13,17)18)6-5-10-3-4-11-14-7-8-16(11)15-10/h3-4,7-8H,5-6,9H2,1-2H3,(H2,13,17,18). The Labute approximate surface area is 112 Å². The first-order valence-electron chi connectivity index (χ1n) is 6.05. The second-order valence-corrected chi connectivity index (χ2v) is 7.14. The van der Waals surface area contributed by atoms with E-state index in [2.05, 4.69) is 10.1 Å². The Morgan fingerprint density at radius 3 is 2.79 bits per heavy atom. The van der Waals surface area contributed by atoms with Crippen LogP contribution in [0.25, 0.3) is 5.65 Å². The third-order valence-electron chi connectivity index (χ3n) is 2.96. The van der Waals surface area contributed by atoms with Gasteiger partial charge in [-0.05, 0) is 30.4 Å². The molecule has 0 saturated carbocycles. The Morgan fingerprint density at radius 1 is 1.37 bits per heavy atom. The van der Waals surface area contributed by atoms with E-state index in [9.17, 15) is 8.42 Å². The molecule has 0 saturated heterocycles. The van der Waals surface area contributed by atoms with E-state index in [1.54, 1.807) is 16.9 Å². The fraction of sp³-hybridized carbons (Fsp3) is 0.500. The maximum atomic E-state index is 11.1. The number of rotatable bonds is 5. The SMILES string of the molecule is CC(C)(CCc1ccc2nccn2n1)CS(N)(=O)=O. The van der Waals surface area contributed by atoms with Crippen LogP contribution in [0.2, 0.25) is 0 Å². The molecule has 2 aromatic heterocycles. The summed E-state index contributed by atoms with van der Waals surface area (Å²) in [5.41, 5.74) is 1.35. The van der Waals surface area contributed by atoms with Crippen molar-refractivity contribution in [2.45, 2.75) is 26.7 Å². The average Bonchev–Trinajstić information content (AvgIpc) is 2.70. The van der Waals surface area contributed by atoms with Crippen LogP contribution >= 0.6 is 0 Å². The molecule has 0 radical (unpaired) electrons. The van der Waals surface area contributed by atoms with E-state index in [1.165, 1.54) is 0 Å². The maximum absolute atomic E-state index is 11.1. The van der Waals surface area contributed by atoms with Gasteiger partial charge in [-0.1, -0.05) is 13.8 Å². The predicted octanol–water partition coefficient (Wildman–Crippen LogP) is 0.977. The molecule has 7 heteroatoms. The van der Waals surface area contributed by atoms with Gasteiger partial charge in [0, 0.05) is 12.4 Å². The fourth-order valence-corrected chi connectivity index (χ4v) is 3.30. The minimum Gasteiger partial charge on any atom is -0.236 e. The number of hydrogen-bond donors (Lipinski definition) is 1. The van der Waals surface area contributed by atoms with Crippen LogP contribution in [0.4, 0.5) is 0 Å². The Hall–Kier alpha value is -1.47. The third kappa shape index (κ3) is 4.00. The molecule has 6 nitrogen and oxygen atoms in total. The van der Waals surface area contributed by atoms with Crippen molar-refractivity contribution >= 4 is 15.7 Å². The Morgan fingerprint density at radius 2 is 2.11 bits per heavy atom. The summed E-state index contributed by atoms with van der Waals surface area (Å²) in [4.78, 5) is 4.12. The van der Waals surface area contributed by atoms with Gasteiger partial charge in [-0.3, -0.25) is 0 Å². The van der Waals surface area contributed by atoms with Crippen LogP contribution in [0.15, 0.2) is 24.5 Å². The number of aryl methyl sites for hydroxylation is 1. The first kappa shape index (κ1) is 14.0. The highest BCUT2D eigenvalue weighted by Crippen LogP contribution is 2.23. The van der Waals surface area contributed by atoms with E-state index in [-0.39, 0.29) is 11.2 Å². The molecular weight excluding hydrogens is 264 g/mol. The van der Waals surface area contributed by atoms with Crippen LogP contribution in [0.1, 0.15) is 26.0 Å². The summed E-state index contributed by atoms with van der Waals surface area (Å²) in [6.07, 6.45) is 4.89. The van der Waals surface area contributed by atoms with Crippen LogP contribution in [-0.2, 0) is 16.4 Å². The lowest BCUT2D eigenvalue weighted by molar-refractivity contribution is 0.376. The first-order valence-corrected chi connectivity index (χ1v) is 7.77. The number of fused-ring (bicyclic) bond motifs is 1. The lowest BCUT2D eigenvalue weighted by atomic mass is 9.89. The van der Waals surface area contributed by atoms with Crippen molar-refractivity contribution in [3.05, 3.63) is 30.2 Å². The van der Waals surface area contributed by atoms with Gasteiger partial charge in [-0.15, -0.1) is 0 Å². The zero-order chi connectivity index (χ0) is 14.1. The summed E-state index contributed by atoms with van der Waals surface area (Å²) in [5.74, 6) is -0.0205. The molecule has 2 rings (SSSR count). The molecule has 0 aliphatic heterocycles. The second-order valence-electron chi connectivity index (χ2n) is 5.53. The van der Waals surface area contributed by atoms with Crippen LogP contribution in [-0.4, -0.2) is 28.8 Å². The van der Waals surface area contributed by atoms with E-state index in [0.717, 1.165) is 11.3 Å². The Kier molecular flexibility index (Phi) is 3.60. The van der Waals surface area contributed by atoms with Gasteiger partial charge in [0.1, 0.15) is 0 Å². The summed E-state index contributed by atoms with van der Waals surface area (Å²) >= 11 is 0. The van der Waals surface area contributed by atoms with Crippen molar-refractivity contribution in [3.8, 4) is 0 Å². The molecule has 0 spiro atoms. The van der Waals surface area contributed by atoms with Gasteiger partial charge in [0.15, 0.2) is 5.65 Å². The summed E-state index contributed by atoms with van der Waals surface area (Å²) in [6.45, 7) is 3.79. The van der Waals surface area contributed by atoms with Crippen molar-refractivity contribution in [1.82, 2.24) is 14.6 Å². The Bertz CT molecular complexity index is 676. The lowest BCUT2D eigenvalue weighted by Gasteiger charge is -2.22. The number of sulfonamides is 1. The Balaban J connectivity index is 2.05. The largest absolute Gasteiger partial charge is 0.236 e. The highest BCUT2D eigenvalue weighted by Gasteiger charge is 2.23. The molecule has 2 aromatic rings. The van der Waals surface area contributed by atoms with Crippen LogP contribution < -0.4 is 5.14 Å². The molecule has 0 atom stereocenters. The van der Waals surface area contributed by atoms with Gasteiger partial charge >= 0.3 is 0 Å². The third-order valence-corrected chi connectivity index (χ3v) is 4.14. The molecule has 2 N–H and O–H groups in total. The van der Waals surface area contributed by atoms with E-state index in [4.69, 9.17) is 5.14 Å².